The summed E-state index contributed by atoms with van der Waals surface area (Å²) in [7, 11) is 1.40. The van der Waals surface area contributed by atoms with Crippen molar-refractivity contribution in [3.8, 4) is 0 Å². The zero-order valence-corrected chi connectivity index (χ0v) is 11.8. The Kier molecular flexibility index (Phi) is 3.61. The molecule has 108 valence electrons. The molecule has 20 heavy (non-hydrogen) atoms. The van der Waals surface area contributed by atoms with Crippen molar-refractivity contribution in [1.82, 2.24) is 4.98 Å². The molecule has 0 spiro atoms. The van der Waals surface area contributed by atoms with E-state index in [-0.39, 0.29) is 5.97 Å². The second-order valence-corrected chi connectivity index (χ2v) is 5.86. The Hall–Kier alpha value is -1.62. The maximum absolute atomic E-state index is 11.8. The second-order valence-electron chi connectivity index (χ2n) is 5.86. The van der Waals surface area contributed by atoms with Crippen molar-refractivity contribution in [2.75, 3.05) is 25.1 Å². The number of carbonyl (C=O) groups excluding carboxylic acids is 1. The first-order valence-electron chi connectivity index (χ1n) is 7.23. The second kappa shape index (κ2) is 5.40. The van der Waals surface area contributed by atoms with Gasteiger partial charge in [-0.1, -0.05) is 0 Å². The molecule has 3 rings (SSSR count). The van der Waals surface area contributed by atoms with E-state index in [2.05, 4.69) is 9.88 Å². The van der Waals surface area contributed by atoms with Crippen LogP contribution in [-0.2, 0) is 4.74 Å². The lowest BCUT2D eigenvalue weighted by atomic mass is 9.79. The fourth-order valence-electron chi connectivity index (χ4n) is 3.56. The maximum Gasteiger partial charge on any atom is 0.341 e. The molecule has 2 fully saturated rings. The first-order chi connectivity index (χ1) is 9.69. The Bertz CT molecular complexity index is 506. The Labute approximate surface area is 119 Å². The number of pyridine rings is 1. The van der Waals surface area contributed by atoms with Gasteiger partial charge in [0.05, 0.1) is 7.11 Å². The molecule has 0 bridgehead atoms. The van der Waals surface area contributed by atoms with E-state index in [1.807, 2.05) is 0 Å². The fraction of sp³-hybridized carbons (Fsp3) is 0.600. The van der Waals surface area contributed by atoms with E-state index in [0.29, 0.717) is 23.4 Å². The van der Waals surface area contributed by atoms with Gasteiger partial charge >= 0.3 is 5.97 Å². The lowest BCUT2D eigenvalue weighted by Crippen LogP contribution is -2.32. The Morgan fingerprint density at radius 1 is 1.40 bits per heavy atom. The summed E-state index contributed by atoms with van der Waals surface area (Å²) in [6.45, 7) is 1.91. The quantitative estimate of drug-likeness (QED) is 0.827. The first kappa shape index (κ1) is 13.4. The van der Waals surface area contributed by atoms with Crippen LogP contribution in [0.3, 0.4) is 0 Å². The Morgan fingerprint density at radius 3 is 3.00 bits per heavy atom. The number of nitrogens with zero attached hydrogens (tertiary/aromatic N) is 2. The number of rotatable bonds is 2. The molecule has 1 saturated carbocycles. The molecular weight excluding hydrogens is 254 g/mol. The summed E-state index contributed by atoms with van der Waals surface area (Å²) < 4.78 is 4.85. The summed E-state index contributed by atoms with van der Waals surface area (Å²) in [6.07, 6.45) is 5.11. The van der Waals surface area contributed by atoms with E-state index >= 15 is 0 Å². The third-order valence-electron chi connectivity index (χ3n) is 4.58. The normalized spacial score (nSPS) is 29.1. The van der Waals surface area contributed by atoms with Gasteiger partial charge in [-0.3, -0.25) is 0 Å². The van der Waals surface area contributed by atoms with Crippen LogP contribution >= 0.6 is 0 Å². The van der Waals surface area contributed by atoms with E-state index in [1.165, 1.54) is 13.5 Å². The minimum absolute atomic E-state index is 0.320. The summed E-state index contributed by atoms with van der Waals surface area (Å²) in [6, 6.07) is 3.89. The monoisotopic (exact) mass is 275 g/mol. The van der Waals surface area contributed by atoms with Crippen molar-refractivity contribution in [2.24, 2.45) is 17.6 Å². The minimum atomic E-state index is -0.320. The van der Waals surface area contributed by atoms with Crippen LogP contribution in [0, 0.1) is 11.8 Å². The molecule has 1 unspecified atom stereocenters. The molecule has 1 aliphatic carbocycles. The fourth-order valence-corrected chi connectivity index (χ4v) is 3.56. The van der Waals surface area contributed by atoms with Crippen molar-refractivity contribution >= 4 is 11.8 Å². The smallest absolute Gasteiger partial charge is 0.341 e. The Morgan fingerprint density at radius 2 is 2.20 bits per heavy atom. The van der Waals surface area contributed by atoms with E-state index in [4.69, 9.17) is 10.5 Å². The van der Waals surface area contributed by atoms with Gasteiger partial charge in [-0.2, -0.15) is 0 Å². The number of methoxy groups -OCH3 is 1. The van der Waals surface area contributed by atoms with Gasteiger partial charge in [-0.25, -0.2) is 9.78 Å². The van der Waals surface area contributed by atoms with Crippen molar-refractivity contribution in [2.45, 2.75) is 25.3 Å². The molecule has 1 saturated heterocycles. The molecule has 5 heteroatoms. The number of ether oxygens (including phenoxy) is 1. The van der Waals surface area contributed by atoms with Crippen LogP contribution in [0.5, 0.6) is 0 Å². The van der Waals surface area contributed by atoms with Gasteiger partial charge in [0.2, 0.25) is 0 Å². The van der Waals surface area contributed by atoms with E-state index < -0.39 is 0 Å². The molecule has 2 heterocycles. The predicted octanol–water partition coefficient (Wildman–Crippen LogP) is 1.43. The molecule has 0 radical (unpaired) electrons. The summed E-state index contributed by atoms with van der Waals surface area (Å²) in [5, 5.41) is 0. The molecular formula is C15H21N3O2. The van der Waals surface area contributed by atoms with Crippen molar-refractivity contribution < 1.29 is 9.53 Å². The largest absolute Gasteiger partial charge is 0.465 e. The van der Waals surface area contributed by atoms with Gasteiger partial charge in [0.25, 0.3) is 0 Å². The van der Waals surface area contributed by atoms with Crippen molar-refractivity contribution in [3.63, 3.8) is 0 Å². The number of hydrogen-bond acceptors (Lipinski definition) is 5. The number of aromatic nitrogens is 1. The van der Waals surface area contributed by atoms with Gasteiger partial charge in [0.15, 0.2) is 0 Å². The summed E-state index contributed by atoms with van der Waals surface area (Å²) in [5.41, 5.74) is 6.62. The highest BCUT2D eigenvalue weighted by molar-refractivity contribution is 5.94. The summed E-state index contributed by atoms with van der Waals surface area (Å²) >= 11 is 0. The number of fused-ring (bicyclic) bond motifs is 1. The molecule has 0 amide bonds. The van der Waals surface area contributed by atoms with E-state index in [0.717, 1.165) is 31.7 Å². The van der Waals surface area contributed by atoms with Crippen molar-refractivity contribution in [3.05, 3.63) is 23.9 Å². The van der Waals surface area contributed by atoms with Crippen LogP contribution in [0.2, 0.25) is 0 Å². The highest BCUT2D eigenvalue weighted by Crippen LogP contribution is 2.37. The zero-order chi connectivity index (χ0) is 14.1. The third kappa shape index (κ3) is 2.38. The SMILES string of the molecule is COC(=O)c1cccnc1N1C[C@H]2CCC(N)C[C@H]2C1. The van der Waals surface area contributed by atoms with Crippen LogP contribution in [0.15, 0.2) is 18.3 Å². The standard InChI is InChI=1S/C15H21N3O2/c1-20-15(19)13-3-2-6-17-14(13)18-8-10-4-5-12(16)7-11(10)9-18/h2-3,6,10-12H,4-5,7-9,16H2,1H3/t10-,11+,12?/m1/s1. The van der Waals surface area contributed by atoms with Crippen LogP contribution in [0.4, 0.5) is 5.82 Å². The highest BCUT2D eigenvalue weighted by atomic mass is 16.5. The number of carbonyl (C=O) groups is 1. The highest BCUT2D eigenvalue weighted by Gasteiger charge is 2.38. The molecule has 1 aliphatic heterocycles. The average molecular weight is 275 g/mol. The van der Waals surface area contributed by atoms with Gasteiger partial charge in [0.1, 0.15) is 11.4 Å². The van der Waals surface area contributed by atoms with Gasteiger partial charge < -0.3 is 15.4 Å². The summed E-state index contributed by atoms with van der Waals surface area (Å²) in [4.78, 5) is 18.5. The van der Waals surface area contributed by atoms with E-state index in [9.17, 15) is 4.79 Å². The molecule has 1 aromatic heterocycles. The molecule has 1 aromatic rings. The molecule has 3 atom stereocenters. The van der Waals surface area contributed by atoms with E-state index in [1.54, 1.807) is 18.3 Å². The predicted molar refractivity (Wildman–Crippen MR) is 76.6 cm³/mol. The number of esters is 1. The molecule has 5 nitrogen and oxygen atoms in total. The third-order valence-corrected chi connectivity index (χ3v) is 4.58. The topological polar surface area (TPSA) is 68.5 Å². The lowest BCUT2D eigenvalue weighted by Gasteiger charge is -2.27. The first-order valence-corrected chi connectivity index (χ1v) is 7.23. The number of hydrogen-bond donors (Lipinski definition) is 1. The number of nitrogens with two attached hydrogens (primary N) is 1. The van der Waals surface area contributed by atoms with Crippen LogP contribution < -0.4 is 10.6 Å². The average Bonchev–Trinajstić information content (AvgIpc) is 2.89. The van der Waals surface area contributed by atoms with Gasteiger partial charge in [-0.05, 0) is 43.2 Å². The van der Waals surface area contributed by atoms with Gasteiger partial charge in [0, 0.05) is 25.3 Å². The Balaban J connectivity index is 1.82. The molecule has 2 aliphatic rings. The molecule has 2 N–H and O–H groups in total. The maximum atomic E-state index is 11.8. The van der Waals surface area contributed by atoms with Gasteiger partial charge in [-0.15, -0.1) is 0 Å². The molecule has 0 aromatic carbocycles. The zero-order valence-electron chi connectivity index (χ0n) is 11.8. The minimum Gasteiger partial charge on any atom is -0.465 e. The van der Waals surface area contributed by atoms with Crippen molar-refractivity contribution in [1.29, 1.82) is 0 Å². The summed E-state index contributed by atoms with van der Waals surface area (Å²) in [5.74, 6) is 1.75. The lowest BCUT2D eigenvalue weighted by molar-refractivity contribution is 0.0601. The number of anilines is 1. The van der Waals surface area contributed by atoms with Crippen LogP contribution in [0.25, 0.3) is 0 Å². The van der Waals surface area contributed by atoms with Crippen LogP contribution in [0.1, 0.15) is 29.6 Å². The van der Waals surface area contributed by atoms with Crippen LogP contribution in [-0.4, -0.2) is 37.2 Å².